The third kappa shape index (κ3) is 4.35. The lowest BCUT2D eigenvalue weighted by Crippen LogP contribution is -2.35. The summed E-state index contributed by atoms with van der Waals surface area (Å²) in [6.07, 6.45) is 2.38. The van der Waals surface area contributed by atoms with Crippen molar-refractivity contribution in [3.05, 3.63) is 21.8 Å². The third-order valence-corrected chi connectivity index (χ3v) is 4.10. The Morgan fingerprint density at radius 2 is 2.11 bits per heavy atom. The molecule has 1 aliphatic heterocycles. The molecule has 0 radical (unpaired) electrons. The lowest BCUT2D eigenvalue weighted by atomic mass is 10.1. The van der Waals surface area contributed by atoms with Crippen LogP contribution in [0.4, 0.5) is 5.69 Å². The van der Waals surface area contributed by atoms with E-state index in [2.05, 4.69) is 39.9 Å². The molecule has 1 aliphatic rings. The Hall–Kier alpha value is -0.820. The molecule has 5 heteroatoms. The molecule has 0 aromatic heterocycles. The molecular weight excluding hydrogens is 355 g/mol. The summed E-state index contributed by atoms with van der Waals surface area (Å²) in [5.41, 5.74) is 0.788. The van der Waals surface area contributed by atoms with E-state index in [1.165, 1.54) is 6.92 Å². The summed E-state index contributed by atoms with van der Waals surface area (Å²) in [7, 11) is 2.14. The normalized spacial score (nSPS) is 17.2. The Balaban J connectivity index is 2.04. The van der Waals surface area contributed by atoms with Crippen LogP contribution in [0.15, 0.2) is 18.2 Å². The predicted octanol–water partition coefficient (Wildman–Crippen LogP) is 2.72. The number of hydrogen-bond donors (Lipinski definition) is 1. The molecule has 1 amide bonds. The summed E-state index contributed by atoms with van der Waals surface area (Å²) < 4.78 is 7.15. The molecule has 1 N–H and O–H groups in total. The average molecular weight is 374 g/mol. The molecule has 0 spiro atoms. The highest BCUT2D eigenvalue weighted by Crippen LogP contribution is 2.27. The molecule has 19 heavy (non-hydrogen) atoms. The molecule has 4 nitrogen and oxygen atoms in total. The van der Waals surface area contributed by atoms with Crippen LogP contribution in [0.25, 0.3) is 0 Å². The van der Waals surface area contributed by atoms with Crippen LogP contribution in [-0.4, -0.2) is 37.0 Å². The van der Waals surface area contributed by atoms with Gasteiger partial charge in [-0.3, -0.25) is 4.79 Å². The number of halogens is 1. The maximum Gasteiger partial charge on any atom is 0.221 e. The van der Waals surface area contributed by atoms with E-state index >= 15 is 0 Å². The van der Waals surface area contributed by atoms with Crippen molar-refractivity contribution in [3.8, 4) is 5.75 Å². The van der Waals surface area contributed by atoms with Gasteiger partial charge in [-0.1, -0.05) is 0 Å². The van der Waals surface area contributed by atoms with Gasteiger partial charge in [0.05, 0.1) is 3.57 Å². The van der Waals surface area contributed by atoms with Gasteiger partial charge in [0.25, 0.3) is 0 Å². The fraction of sp³-hybridized carbons (Fsp3) is 0.500. The summed E-state index contributed by atoms with van der Waals surface area (Å²) in [6, 6.07) is 5.77. The number of likely N-dealkylation sites (tertiary alicyclic amines) is 1. The van der Waals surface area contributed by atoms with Crippen molar-refractivity contribution in [2.24, 2.45) is 0 Å². The van der Waals surface area contributed by atoms with Gasteiger partial charge in [-0.25, -0.2) is 0 Å². The SMILES string of the molecule is CC(=O)Nc1ccc(I)c(OC2CCN(C)CC2)c1. The van der Waals surface area contributed by atoms with Gasteiger partial charge in [0.1, 0.15) is 11.9 Å². The molecule has 0 atom stereocenters. The van der Waals surface area contributed by atoms with Crippen LogP contribution in [-0.2, 0) is 4.79 Å². The highest BCUT2D eigenvalue weighted by atomic mass is 127. The molecule has 1 saturated heterocycles. The predicted molar refractivity (Wildman–Crippen MR) is 84.6 cm³/mol. The fourth-order valence-corrected chi connectivity index (χ4v) is 2.62. The van der Waals surface area contributed by atoms with E-state index in [9.17, 15) is 4.79 Å². The first kappa shape index (κ1) is 14.6. The first-order valence-corrected chi connectivity index (χ1v) is 7.55. The molecule has 1 aromatic carbocycles. The zero-order chi connectivity index (χ0) is 13.8. The van der Waals surface area contributed by atoms with Crippen LogP contribution in [0.5, 0.6) is 5.75 Å². The fourth-order valence-electron chi connectivity index (χ4n) is 2.16. The zero-order valence-corrected chi connectivity index (χ0v) is 13.4. The summed E-state index contributed by atoms with van der Waals surface area (Å²) in [5.74, 6) is 0.799. The number of hydrogen-bond acceptors (Lipinski definition) is 3. The van der Waals surface area contributed by atoms with Gasteiger partial charge < -0.3 is 15.0 Å². The third-order valence-electron chi connectivity index (χ3n) is 3.21. The van der Waals surface area contributed by atoms with Crippen molar-refractivity contribution in [1.29, 1.82) is 0 Å². The molecule has 0 aliphatic carbocycles. The lowest BCUT2D eigenvalue weighted by Gasteiger charge is -2.29. The van der Waals surface area contributed by atoms with E-state index in [0.717, 1.165) is 40.9 Å². The van der Waals surface area contributed by atoms with Crippen LogP contribution >= 0.6 is 22.6 Å². The van der Waals surface area contributed by atoms with Crippen LogP contribution in [0.3, 0.4) is 0 Å². The number of piperidine rings is 1. The Morgan fingerprint density at radius 3 is 2.74 bits per heavy atom. The summed E-state index contributed by atoms with van der Waals surface area (Å²) in [5, 5.41) is 2.79. The Bertz CT molecular complexity index is 457. The summed E-state index contributed by atoms with van der Waals surface area (Å²) >= 11 is 2.26. The summed E-state index contributed by atoms with van der Waals surface area (Å²) in [4.78, 5) is 13.4. The molecule has 0 saturated carbocycles. The molecule has 1 fully saturated rings. The second kappa shape index (κ2) is 6.56. The van der Waals surface area contributed by atoms with Crippen LogP contribution in [0.2, 0.25) is 0 Å². The minimum Gasteiger partial charge on any atom is -0.489 e. The molecule has 104 valence electrons. The first-order valence-electron chi connectivity index (χ1n) is 6.47. The topological polar surface area (TPSA) is 41.6 Å². The quantitative estimate of drug-likeness (QED) is 0.828. The van der Waals surface area contributed by atoms with Crippen LogP contribution in [0.1, 0.15) is 19.8 Å². The number of carbonyl (C=O) groups excluding carboxylic acids is 1. The van der Waals surface area contributed by atoms with E-state index in [1.807, 2.05) is 18.2 Å². The molecule has 1 aromatic rings. The number of carbonyl (C=O) groups is 1. The average Bonchev–Trinajstić information content (AvgIpc) is 2.35. The van der Waals surface area contributed by atoms with Gasteiger partial charge in [-0.05, 0) is 54.6 Å². The molecular formula is C14H19IN2O2. The minimum atomic E-state index is -0.0635. The smallest absolute Gasteiger partial charge is 0.221 e. The molecule has 1 heterocycles. The van der Waals surface area contributed by atoms with E-state index in [4.69, 9.17) is 4.74 Å². The van der Waals surface area contributed by atoms with E-state index in [0.29, 0.717) is 0 Å². The summed E-state index contributed by atoms with van der Waals surface area (Å²) in [6.45, 7) is 3.66. The van der Waals surface area contributed by atoms with Gasteiger partial charge in [0, 0.05) is 31.8 Å². The largest absolute Gasteiger partial charge is 0.489 e. The monoisotopic (exact) mass is 374 g/mol. The van der Waals surface area contributed by atoms with Crippen LogP contribution in [0, 0.1) is 3.57 Å². The standard InChI is InChI=1S/C14H19IN2O2/c1-10(18)16-11-3-4-13(15)14(9-11)19-12-5-7-17(2)8-6-12/h3-4,9,12H,5-8H2,1-2H3,(H,16,18). The number of anilines is 1. The van der Waals surface area contributed by atoms with Gasteiger partial charge >= 0.3 is 0 Å². The molecule has 0 unspecified atom stereocenters. The molecule has 0 bridgehead atoms. The number of nitrogens with one attached hydrogen (secondary N) is 1. The number of amides is 1. The Morgan fingerprint density at radius 1 is 1.42 bits per heavy atom. The van der Waals surface area contributed by atoms with Gasteiger partial charge in [-0.2, -0.15) is 0 Å². The number of benzene rings is 1. The number of ether oxygens (including phenoxy) is 1. The van der Waals surface area contributed by atoms with Crippen molar-refractivity contribution in [2.75, 3.05) is 25.5 Å². The second-order valence-electron chi connectivity index (χ2n) is 4.95. The maximum absolute atomic E-state index is 11.1. The highest BCUT2D eigenvalue weighted by Gasteiger charge is 2.19. The second-order valence-corrected chi connectivity index (χ2v) is 6.11. The zero-order valence-electron chi connectivity index (χ0n) is 11.3. The first-order chi connectivity index (χ1) is 9.04. The van der Waals surface area contributed by atoms with E-state index in [-0.39, 0.29) is 12.0 Å². The van der Waals surface area contributed by atoms with Crippen molar-refractivity contribution in [1.82, 2.24) is 4.90 Å². The number of rotatable bonds is 3. The number of nitrogens with zero attached hydrogens (tertiary/aromatic N) is 1. The van der Waals surface area contributed by atoms with Gasteiger partial charge in [0.2, 0.25) is 5.91 Å². The van der Waals surface area contributed by atoms with E-state index < -0.39 is 0 Å². The minimum absolute atomic E-state index is 0.0635. The molecule has 2 rings (SSSR count). The van der Waals surface area contributed by atoms with Crippen molar-refractivity contribution in [3.63, 3.8) is 0 Å². The Labute approximate surface area is 127 Å². The van der Waals surface area contributed by atoms with Gasteiger partial charge in [0.15, 0.2) is 0 Å². The van der Waals surface area contributed by atoms with Crippen molar-refractivity contribution >= 4 is 34.2 Å². The van der Waals surface area contributed by atoms with E-state index in [1.54, 1.807) is 0 Å². The lowest BCUT2D eigenvalue weighted by molar-refractivity contribution is -0.114. The Kier molecular flexibility index (Phi) is 5.04. The highest BCUT2D eigenvalue weighted by molar-refractivity contribution is 14.1. The maximum atomic E-state index is 11.1. The van der Waals surface area contributed by atoms with Crippen molar-refractivity contribution in [2.45, 2.75) is 25.9 Å². The van der Waals surface area contributed by atoms with Crippen molar-refractivity contribution < 1.29 is 9.53 Å². The van der Waals surface area contributed by atoms with Gasteiger partial charge in [-0.15, -0.1) is 0 Å². The van der Waals surface area contributed by atoms with Crippen LogP contribution < -0.4 is 10.1 Å².